The van der Waals surface area contributed by atoms with E-state index in [4.69, 9.17) is 30.5 Å². The Morgan fingerprint density at radius 1 is 0.505 bits per heavy atom. The van der Waals surface area contributed by atoms with Crippen LogP contribution in [0.25, 0.3) is 72.2 Å². The predicted octanol–water partition coefficient (Wildman–Crippen LogP) is 16.7. The van der Waals surface area contributed by atoms with Gasteiger partial charge in [-0.15, -0.1) is 0 Å². The average Bonchev–Trinajstić information content (AvgIpc) is 0.748. The molecule has 1 saturated carbocycles. The van der Waals surface area contributed by atoms with Gasteiger partial charge < -0.3 is 59.5 Å². The molecule has 570 valence electrons. The number of likely N-dealkylation sites (N-methyl/N-ethyl adjacent to an activating group) is 2. The molecule has 107 heavy (non-hydrogen) atoms. The number of rotatable bonds is 17. The second kappa shape index (κ2) is 39.2. The smallest absolute Gasteiger partial charge is 0.422 e. The van der Waals surface area contributed by atoms with Crippen molar-refractivity contribution in [2.45, 2.75) is 69.5 Å². The molecule has 2 atom stereocenters. The van der Waals surface area contributed by atoms with Crippen LogP contribution in [-0.2, 0) is 0 Å². The second-order valence-corrected chi connectivity index (χ2v) is 23.8. The third kappa shape index (κ3) is 26.2. The Balaban J connectivity index is 0.000000195. The van der Waals surface area contributed by atoms with E-state index in [1.807, 2.05) is 30.3 Å². The van der Waals surface area contributed by atoms with Gasteiger partial charge in [0.25, 0.3) is 16.7 Å². The first-order valence-corrected chi connectivity index (χ1v) is 33.0. The molecule has 5 aromatic carbocycles. The van der Waals surface area contributed by atoms with Crippen molar-refractivity contribution >= 4 is 60.6 Å². The van der Waals surface area contributed by atoms with Gasteiger partial charge in [-0.2, -0.15) is 67.0 Å². The molecule has 0 spiro atoms. The number of aromatic nitrogens is 6. The summed E-state index contributed by atoms with van der Waals surface area (Å²) in [4.78, 5) is 55.4. The van der Waals surface area contributed by atoms with Crippen LogP contribution in [0, 0.1) is 0 Å². The van der Waals surface area contributed by atoms with E-state index < -0.39 is 62.6 Å². The second-order valence-electron chi connectivity index (χ2n) is 22.5. The Hall–Kier alpha value is -10.5. The average molecular weight is 1590 g/mol. The first-order chi connectivity index (χ1) is 50.8. The summed E-state index contributed by atoms with van der Waals surface area (Å²) in [6, 6.07) is 47.9. The SMILES string of the molecule is CN[C@@H]1CCCC[C@H]1NC.COc1ccc(-c2cc3ccc(Cl)nc3[nH]c2=O)cc1.COc1ccc(-c2cc3ccc(OCC(F)(F)F)nc3[nH]c2=O)cc1.COc1ccc(-c2cc3ccc(OCC(F)(F)F)nc3n(-c3ccc(OC(F)F)cc3)c2=O)cc1.FC(F)Oc1ccc(Br)cc1.NCC(F)(F)F. The van der Waals surface area contributed by atoms with E-state index in [9.17, 15) is 71.5 Å². The van der Waals surface area contributed by atoms with Crippen molar-refractivity contribution < 1.29 is 90.2 Å². The molecule has 0 amide bonds. The number of halogens is 15. The van der Waals surface area contributed by atoms with Crippen LogP contribution in [-0.4, -0.2) is 129 Å². The molecule has 0 saturated heterocycles. The molecule has 0 bridgehead atoms. The molecule has 34 heteroatoms. The maximum atomic E-state index is 13.5. The van der Waals surface area contributed by atoms with Crippen LogP contribution in [0.2, 0.25) is 5.15 Å². The third-order valence-corrected chi connectivity index (χ3v) is 16.0. The summed E-state index contributed by atoms with van der Waals surface area (Å²) in [5.41, 5.74) is 7.28. The number of nitrogens with one attached hydrogen (secondary N) is 4. The summed E-state index contributed by atoms with van der Waals surface area (Å²) < 4.78 is 190. The monoisotopic (exact) mass is 1590 g/mol. The summed E-state index contributed by atoms with van der Waals surface area (Å²) >= 11 is 8.98. The number of fused-ring (bicyclic) bond motifs is 3. The number of nitrogens with zero attached hydrogens (tertiary/aromatic N) is 4. The molecule has 1 aliphatic carbocycles. The maximum absolute atomic E-state index is 13.5. The molecule has 12 rings (SSSR count). The number of hydrogen-bond donors (Lipinski definition) is 5. The number of pyridine rings is 6. The van der Waals surface area contributed by atoms with Crippen molar-refractivity contribution in [2.24, 2.45) is 5.73 Å². The number of methoxy groups -OCH3 is 3. The van der Waals surface area contributed by atoms with Crippen molar-refractivity contribution in [1.82, 2.24) is 40.1 Å². The molecular formula is C73H68BrClF13N9O10. The minimum atomic E-state index is -4.57. The van der Waals surface area contributed by atoms with Crippen LogP contribution in [0.15, 0.2) is 195 Å². The fourth-order valence-electron chi connectivity index (χ4n) is 10.2. The number of benzene rings is 5. The van der Waals surface area contributed by atoms with Crippen molar-refractivity contribution in [3.05, 3.63) is 217 Å². The largest absolute Gasteiger partial charge is 0.497 e. The summed E-state index contributed by atoms with van der Waals surface area (Å²) in [6.45, 7) is -10.0. The van der Waals surface area contributed by atoms with Gasteiger partial charge in [-0.3, -0.25) is 19.0 Å². The van der Waals surface area contributed by atoms with Gasteiger partial charge in [-0.05, 0) is 171 Å². The summed E-state index contributed by atoms with van der Waals surface area (Å²) in [5, 5.41) is 8.88. The van der Waals surface area contributed by atoms with E-state index in [0.29, 0.717) is 67.4 Å². The zero-order valence-electron chi connectivity index (χ0n) is 57.1. The van der Waals surface area contributed by atoms with Crippen LogP contribution in [0.5, 0.6) is 40.5 Å². The van der Waals surface area contributed by atoms with Crippen LogP contribution < -0.4 is 66.2 Å². The number of alkyl halides is 13. The van der Waals surface area contributed by atoms with Crippen LogP contribution >= 0.6 is 27.5 Å². The quantitative estimate of drug-likeness (QED) is 0.0420. The van der Waals surface area contributed by atoms with Gasteiger partial charge >= 0.3 is 31.8 Å². The predicted molar refractivity (Wildman–Crippen MR) is 383 cm³/mol. The van der Waals surface area contributed by atoms with E-state index >= 15 is 0 Å². The lowest BCUT2D eigenvalue weighted by Gasteiger charge is -2.30. The Morgan fingerprint density at radius 2 is 0.869 bits per heavy atom. The maximum Gasteiger partial charge on any atom is 0.422 e. The molecule has 0 unspecified atom stereocenters. The van der Waals surface area contributed by atoms with E-state index in [0.717, 1.165) is 21.2 Å². The Bertz CT molecular complexity index is 4820. The number of aromatic amines is 2. The fraction of sp³-hybridized carbons (Fsp3) is 0.260. The minimum absolute atomic E-state index is 0.0227. The van der Waals surface area contributed by atoms with Crippen molar-refractivity contribution in [1.29, 1.82) is 0 Å². The lowest BCUT2D eigenvalue weighted by molar-refractivity contribution is -0.154. The molecule has 6 aromatic heterocycles. The lowest BCUT2D eigenvalue weighted by atomic mass is 9.91. The Labute approximate surface area is 614 Å². The molecule has 19 nitrogen and oxygen atoms in total. The van der Waals surface area contributed by atoms with Crippen LogP contribution in [0.4, 0.5) is 57.1 Å². The molecule has 1 fully saturated rings. The van der Waals surface area contributed by atoms with Gasteiger partial charge in [0.1, 0.15) is 45.2 Å². The zero-order valence-corrected chi connectivity index (χ0v) is 59.5. The van der Waals surface area contributed by atoms with Gasteiger partial charge in [0, 0.05) is 61.5 Å². The molecule has 1 aliphatic rings. The van der Waals surface area contributed by atoms with Crippen molar-refractivity contribution in [3.8, 4) is 79.6 Å². The molecule has 11 aromatic rings. The first-order valence-electron chi connectivity index (χ1n) is 31.8. The van der Waals surface area contributed by atoms with Gasteiger partial charge in [-0.1, -0.05) is 76.8 Å². The highest BCUT2D eigenvalue weighted by atomic mass is 79.9. The molecule has 0 radical (unpaired) electrons. The summed E-state index contributed by atoms with van der Waals surface area (Å²) in [5.74, 6) is 1.49. The Morgan fingerprint density at radius 3 is 1.26 bits per heavy atom. The van der Waals surface area contributed by atoms with Crippen LogP contribution in [0.1, 0.15) is 25.7 Å². The standard InChI is InChI=1S/C24H17F5N2O4.C17H13F3N2O3.C15H11ClN2O2.C8H18N2.C7H5BrF2O.C2H4F3N/c1-33-17-7-2-14(3-8-17)19-12-15-4-11-20(34-13-24(27,28)29)30-21(15)31(22(19)32)16-5-9-18(10-6-16)35-23(25)26;1-24-12-5-2-10(3-6-12)13-8-11-4-7-14(25-9-17(18,19)20)21-15(11)22-16(13)23;1-20-11-5-2-9(3-6-11)12-8-10-4-7-13(16)17-14(10)18-15(12)19;1-9-7-5-3-4-6-8(7)10-2;8-5-1-3-6(4-2-5)11-7(9)10;3-2(4,5)1-6/h2-12,23H,13H2,1H3;2-8H,9H2,1H3,(H,21,22,23);2-8H,1H3,(H,17,18,19);7-10H,3-6H2,1-2H3;1-4,7H;1,6H2/t;;;7-,8-;;/m...1../s1. The van der Waals surface area contributed by atoms with E-state index in [2.05, 4.69) is 85.5 Å². The van der Waals surface area contributed by atoms with Crippen molar-refractivity contribution in [2.75, 3.05) is 55.2 Å². The molecule has 0 aliphatic heterocycles. The zero-order chi connectivity index (χ0) is 78.2. The van der Waals surface area contributed by atoms with Gasteiger partial charge in [0.05, 0.1) is 33.6 Å². The number of H-pyrrole nitrogens is 2. The highest BCUT2D eigenvalue weighted by molar-refractivity contribution is 9.10. The summed E-state index contributed by atoms with van der Waals surface area (Å²) in [7, 11) is 8.76. The number of hydrogen-bond acceptors (Lipinski definition) is 16. The van der Waals surface area contributed by atoms with Crippen molar-refractivity contribution in [3.63, 3.8) is 0 Å². The highest BCUT2D eigenvalue weighted by Crippen LogP contribution is 2.31. The number of ether oxygens (including phenoxy) is 7. The summed E-state index contributed by atoms with van der Waals surface area (Å²) in [6.07, 6.45) is -7.76. The normalized spacial score (nSPS) is 13.4. The number of nitrogens with two attached hydrogens (primary N) is 1. The Kier molecular flexibility index (Phi) is 30.7. The van der Waals surface area contributed by atoms with E-state index in [1.165, 1.54) is 98.0 Å². The van der Waals surface area contributed by atoms with Gasteiger partial charge in [0.2, 0.25) is 11.8 Å². The molecule has 6 N–H and O–H groups in total. The van der Waals surface area contributed by atoms with E-state index in [-0.39, 0.29) is 51.4 Å². The third-order valence-electron chi connectivity index (χ3n) is 15.2. The van der Waals surface area contributed by atoms with Gasteiger partial charge in [-0.25, -0.2) is 4.98 Å². The topological polar surface area (TPSA) is 241 Å². The first kappa shape index (κ1) is 83.8. The lowest BCUT2D eigenvalue weighted by Crippen LogP contribution is -2.47. The molecule has 6 heterocycles. The van der Waals surface area contributed by atoms with E-state index in [1.54, 1.807) is 99.1 Å². The molecular weight excluding hydrogens is 1530 g/mol. The fourth-order valence-corrected chi connectivity index (χ4v) is 10.6. The highest BCUT2D eigenvalue weighted by Gasteiger charge is 2.30. The van der Waals surface area contributed by atoms with Gasteiger partial charge in [0.15, 0.2) is 18.9 Å². The van der Waals surface area contributed by atoms with Crippen LogP contribution in [0.3, 0.4) is 0 Å². The minimum Gasteiger partial charge on any atom is -0.497 e.